The molecule has 1 N–H and O–H groups in total. The van der Waals surface area contributed by atoms with Gasteiger partial charge < -0.3 is 10.1 Å². The molecule has 0 aliphatic rings. The van der Waals surface area contributed by atoms with Crippen LogP contribution in [0.1, 0.15) is 18.9 Å². The van der Waals surface area contributed by atoms with Gasteiger partial charge in [-0.25, -0.2) is 0 Å². The summed E-state index contributed by atoms with van der Waals surface area (Å²) in [6.45, 7) is 3.18. The van der Waals surface area contributed by atoms with E-state index >= 15 is 0 Å². The predicted molar refractivity (Wildman–Crippen MR) is 88.8 cm³/mol. The first-order valence-electron chi connectivity index (χ1n) is 6.57. The highest BCUT2D eigenvalue weighted by Crippen LogP contribution is 2.31. The van der Waals surface area contributed by atoms with Crippen LogP contribution in [0.3, 0.4) is 0 Å². The van der Waals surface area contributed by atoms with Gasteiger partial charge in [-0.1, -0.05) is 53.9 Å². The van der Waals surface area contributed by atoms with Crippen molar-refractivity contribution in [3.63, 3.8) is 0 Å². The van der Waals surface area contributed by atoms with Crippen LogP contribution in [0.25, 0.3) is 0 Å². The van der Waals surface area contributed by atoms with Crippen molar-refractivity contribution >= 4 is 40.6 Å². The summed E-state index contributed by atoms with van der Waals surface area (Å²) >= 11 is 18.1. The van der Waals surface area contributed by atoms with E-state index in [0.29, 0.717) is 33.4 Å². The lowest BCUT2D eigenvalue weighted by atomic mass is 10.2. The summed E-state index contributed by atoms with van der Waals surface area (Å²) in [5.74, 6) is 0.920. The fourth-order valence-electron chi connectivity index (χ4n) is 1.70. The van der Waals surface area contributed by atoms with Gasteiger partial charge in [0.15, 0.2) is 0 Å². The van der Waals surface area contributed by atoms with Crippen LogP contribution in [-0.2, 0) is 6.61 Å². The Balaban J connectivity index is 2.11. The van der Waals surface area contributed by atoms with Crippen LogP contribution in [0.4, 0.5) is 5.82 Å². The van der Waals surface area contributed by atoms with Gasteiger partial charge in [0.05, 0.1) is 5.02 Å². The van der Waals surface area contributed by atoms with Gasteiger partial charge in [0.2, 0.25) is 5.88 Å². The fourth-order valence-corrected chi connectivity index (χ4v) is 2.39. The molecule has 0 radical (unpaired) electrons. The Morgan fingerprint density at radius 1 is 1.14 bits per heavy atom. The lowest BCUT2D eigenvalue weighted by molar-refractivity contribution is 0.294. The van der Waals surface area contributed by atoms with Crippen LogP contribution in [0.15, 0.2) is 30.3 Å². The Bertz CT molecular complexity index is 620. The maximum atomic E-state index is 6.11. The summed E-state index contributed by atoms with van der Waals surface area (Å²) in [5, 5.41) is 4.65. The average molecular weight is 346 g/mol. The van der Waals surface area contributed by atoms with Crippen molar-refractivity contribution in [2.45, 2.75) is 20.0 Å². The van der Waals surface area contributed by atoms with Crippen LogP contribution >= 0.6 is 34.8 Å². The normalized spacial score (nSPS) is 10.5. The smallest absolute Gasteiger partial charge is 0.234 e. The van der Waals surface area contributed by atoms with Crippen LogP contribution in [0.2, 0.25) is 15.1 Å². The Kier molecular flexibility index (Phi) is 5.97. The number of pyridine rings is 1. The molecule has 2 rings (SSSR count). The van der Waals surface area contributed by atoms with Crippen molar-refractivity contribution in [3.8, 4) is 5.88 Å². The second kappa shape index (κ2) is 7.74. The maximum absolute atomic E-state index is 6.11. The zero-order chi connectivity index (χ0) is 15.2. The minimum absolute atomic E-state index is 0.335. The van der Waals surface area contributed by atoms with Gasteiger partial charge in [0, 0.05) is 11.6 Å². The molecule has 0 bridgehead atoms. The van der Waals surface area contributed by atoms with Gasteiger partial charge in [-0.3, -0.25) is 0 Å². The Hall–Kier alpha value is -1.16. The van der Waals surface area contributed by atoms with Crippen molar-refractivity contribution in [2.24, 2.45) is 0 Å². The Morgan fingerprint density at radius 2 is 1.95 bits per heavy atom. The molecule has 6 heteroatoms. The van der Waals surface area contributed by atoms with E-state index in [1.807, 2.05) is 24.3 Å². The number of aromatic nitrogens is 1. The largest absolute Gasteiger partial charge is 0.472 e. The fraction of sp³-hybridized carbons (Fsp3) is 0.267. The molecule has 2 aromatic rings. The molecule has 0 saturated heterocycles. The third kappa shape index (κ3) is 4.67. The summed E-state index contributed by atoms with van der Waals surface area (Å²) < 4.78 is 5.65. The molecule has 1 aromatic carbocycles. The first kappa shape index (κ1) is 16.2. The molecule has 0 saturated carbocycles. The number of nitrogens with zero attached hydrogens (tertiary/aromatic N) is 1. The molecule has 112 valence electrons. The second-order valence-electron chi connectivity index (χ2n) is 4.45. The molecule has 0 fully saturated rings. The molecule has 0 unspecified atom stereocenters. The number of nitrogens with one attached hydrogen (secondary N) is 1. The average Bonchev–Trinajstić information content (AvgIpc) is 2.45. The Morgan fingerprint density at radius 3 is 2.67 bits per heavy atom. The summed E-state index contributed by atoms with van der Waals surface area (Å²) in [5.41, 5.74) is 0.943. The van der Waals surface area contributed by atoms with E-state index in [1.54, 1.807) is 6.07 Å². The number of halogens is 3. The Labute approximate surface area is 139 Å². The molecule has 1 aromatic heterocycles. The lowest BCUT2D eigenvalue weighted by Crippen LogP contribution is -2.05. The number of ether oxygens (including phenoxy) is 1. The van der Waals surface area contributed by atoms with Gasteiger partial charge in [-0.2, -0.15) is 4.98 Å². The molecule has 1 heterocycles. The predicted octanol–water partition coefficient (Wildman–Crippen LogP) is 5.44. The zero-order valence-corrected chi connectivity index (χ0v) is 13.8. The number of benzene rings is 1. The van der Waals surface area contributed by atoms with Gasteiger partial charge >= 0.3 is 0 Å². The van der Waals surface area contributed by atoms with Crippen molar-refractivity contribution in [2.75, 3.05) is 11.9 Å². The van der Waals surface area contributed by atoms with E-state index in [0.717, 1.165) is 18.5 Å². The van der Waals surface area contributed by atoms with E-state index < -0.39 is 0 Å². The minimum Gasteiger partial charge on any atom is -0.472 e. The third-order valence-electron chi connectivity index (χ3n) is 2.70. The minimum atomic E-state index is 0.335. The van der Waals surface area contributed by atoms with E-state index in [4.69, 9.17) is 39.5 Å². The quantitative estimate of drug-likeness (QED) is 0.756. The number of rotatable bonds is 6. The SMILES string of the molecule is CCCNc1nc(OCc2cccc(Cl)c2)c(Cl)cc1Cl. The summed E-state index contributed by atoms with van der Waals surface area (Å²) in [6, 6.07) is 9.06. The van der Waals surface area contributed by atoms with Crippen LogP contribution in [-0.4, -0.2) is 11.5 Å². The molecular formula is C15H15Cl3N2O. The molecule has 0 atom stereocenters. The van der Waals surface area contributed by atoms with Crippen molar-refractivity contribution in [1.82, 2.24) is 4.98 Å². The number of hydrogen-bond donors (Lipinski definition) is 1. The monoisotopic (exact) mass is 344 g/mol. The van der Waals surface area contributed by atoms with E-state index in [9.17, 15) is 0 Å². The van der Waals surface area contributed by atoms with Crippen molar-refractivity contribution < 1.29 is 4.74 Å². The summed E-state index contributed by atoms with van der Waals surface area (Å²) in [6.07, 6.45) is 0.972. The summed E-state index contributed by atoms with van der Waals surface area (Å²) in [7, 11) is 0. The zero-order valence-electron chi connectivity index (χ0n) is 11.5. The third-order valence-corrected chi connectivity index (χ3v) is 3.50. The maximum Gasteiger partial charge on any atom is 0.234 e. The highest BCUT2D eigenvalue weighted by atomic mass is 35.5. The summed E-state index contributed by atoms with van der Waals surface area (Å²) in [4.78, 5) is 4.32. The first-order valence-corrected chi connectivity index (χ1v) is 7.70. The highest BCUT2D eigenvalue weighted by molar-refractivity contribution is 6.36. The van der Waals surface area contributed by atoms with Gasteiger partial charge in [0.25, 0.3) is 0 Å². The van der Waals surface area contributed by atoms with Gasteiger partial charge in [0.1, 0.15) is 17.4 Å². The van der Waals surface area contributed by atoms with Crippen LogP contribution < -0.4 is 10.1 Å². The number of anilines is 1. The van der Waals surface area contributed by atoms with Crippen molar-refractivity contribution in [3.05, 3.63) is 51.0 Å². The van der Waals surface area contributed by atoms with Crippen LogP contribution in [0.5, 0.6) is 5.88 Å². The standard InChI is InChI=1S/C15H15Cl3N2O/c1-2-6-19-14-12(17)8-13(18)15(20-14)21-9-10-4-3-5-11(16)7-10/h3-5,7-8H,2,6,9H2,1H3,(H,19,20). The molecular weight excluding hydrogens is 331 g/mol. The molecule has 0 aliphatic heterocycles. The van der Waals surface area contributed by atoms with E-state index in [2.05, 4.69) is 17.2 Å². The second-order valence-corrected chi connectivity index (χ2v) is 5.70. The molecule has 3 nitrogen and oxygen atoms in total. The van der Waals surface area contributed by atoms with Gasteiger partial charge in [-0.05, 0) is 30.2 Å². The lowest BCUT2D eigenvalue weighted by Gasteiger charge is -2.11. The first-order chi connectivity index (χ1) is 10.1. The molecule has 0 spiro atoms. The topological polar surface area (TPSA) is 34.2 Å². The highest BCUT2D eigenvalue weighted by Gasteiger charge is 2.10. The molecule has 21 heavy (non-hydrogen) atoms. The molecule has 0 aliphatic carbocycles. The number of hydrogen-bond acceptors (Lipinski definition) is 3. The van der Waals surface area contributed by atoms with E-state index in [1.165, 1.54) is 0 Å². The van der Waals surface area contributed by atoms with Crippen LogP contribution in [0, 0.1) is 0 Å². The van der Waals surface area contributed by atoms with E-state index in [-0.39, 0.29) is 0 Å². The van der Waals surface area contributed by atoms with Gasteiger partial charge in [-0.15, -0.1) is 0 Å². The van der Waals surface area contributed by atoms with Crippen molar-refractivity contribution in [1.29, 1.82) is 0 Å². The molecule has 0 amide bonds.